The number of hydrogen-bond acceptors (Lipinski definition) is 5. The number of hydrogen-bond donors (Lipinski definition) is 2. The lowest BCUT2D eigenvalue weighted by Gasteiger charge is -2.16. The van der Waals surface area contributed by atoms with Gasteiger partial charge in [0.25, 0.3) is 10.0 Å². The lowest BCUT2D eigenvalue weighted by atomic mass is 10.3. The number of aromatic nitrogens is 2. The highest BCUT2D eigenvalue weighted by atomic mass is 32.2. The van der Waals surface area contributed by atoms with Crippen molar-refractivity contribution in [2.75, 3.05) is 33.9 Å². The van der Waals surface area contributed by atoms with Crippen LogP contribution in [0.2, 0.25) is 0 Å². The van der Waals surface area contributed by atoms with Gasteiger partial charge in [-0.15, -0.1) is 0 Å². The van der Waals surface area contributed by atoms with Gasteiger partial charge >= 0.3 is 0 Å². The Balaban J connectivity index is 1.98. The molecule has 0 unspecified atom stereocenters. The molecule has 1 aliphatic rings. The molecular weight excluding hydrogens is 292 g/mol. The van der Waals surface area contributed by atoms with Crippen molar-refractivity contribution in [3.05, 3.63) is 11.3 Å². The quantitative estimate of drug-likeness (QED) is 0.647. The molecule has 2 rings (SSSR count). The van der Waals surface area contributed by atoms with Gasteiger partial charge in [0, 0.05) is 38.0 Å². The average Bonchev–Trinajstić information content (AvgIpc) is 3.19. The summed E-state index contributed by atoms with van der Waals surface area (Å²) in [6.45, 7) is 3.76. The summed E-state index contributed by atoms with van der Waals surface area (Å²) in [6, 6.07) is 0. The third-order valence-corrected chi connectivity index (χ3v) is 5.47. The zero-order valence-corrected chi connectivity index (χ0v) is 13.7. The molecule has 0 bridgehead atoms. The van der Waals surface area contributed by atoms with E-state index in [0.29, 0.717) is 31.2 Å². The molecule has 1 heterocycles. The van der Waals surface area contributed by atoms with Crippen molar-refractivity contribution in [1.29, 1.82) is 0 Å². The van der Waals surface area contributed by atoms with E-state index in [2.05, 4.69) is 15.5 Å². The Morgan fingerprint density at radius 1 is 1.48 bits per heavy atom. The van der Waals surface area contributed by atoms with Crippen LogP contribution in [0.15, 0.2) is 5.03 Å². The molecule has 0 saturated heterocycles. The summed E-state index contributed by atoms with van der Waals surface area (Å²) in [6.07, 6.45) is 2.46. The van der Waals surface area contributed by atoms with E-state index in [1.165, 1.54) is 17.1 Å². The highest BCUT2D eigenvalue weighted by molar-refractivity contribution is 7.89. The minimum absolute atomic E-state index is 0.0963. The lowest BCUT2D eigenvalue weighted by molar-refractivity contribution is 0.117. The number of H-pyrrole nitrogens is 1. The van der Waals surface area contributed by atoms with Gasteiger partial charge in [0.2, 0.25) is 0 Å². The third-order valence-electron chi connectivity index (χ3n) is 3.65. The molecule has 0 atom stereocenters. The molecule has 8 heteroatoms. The molecule has 1 aromatic heterocycles. The van der Waals surface area contributed by atoms with Crippen LogP contribution in [0.25, 0.3) is 0 Å². The smallest absolute Gasteiger partial charge is 0.262 e. The maximum atomic E-state index is 12.5. The zero-order chi connectivity index (χ0) is 15.5. The number of sulfonamides is 1. The molecule has 0 spiro atoms. The van der Waals surface area contributed by atoms with E-state index in [9.17, 15) is 8.42 Å². The van der Waals surface area contributed by atoms with Gasteiger partial charge in [-0.05, 0) is 32.7 Å². The zero-order valence-electron chi connectivity index (χ0n) is 12.8. The molecular formula is C13H24N4O3S. The molecule has 1 aliphatic carbocycles. The van der Waals surface area contributed by atoms with Gasteiger partial charge in [-0.25, -0.2) is 8.42 Å². The third kappa shape index (κ3) is 4.03. The normalized spacial score (nSPS) is 15.8. The SMILES string of the molecule is CNCc1c(S(=O)(=O)N(C)CCOCC2CC2)n[nH]c1C. The molecule has 0 amide bonds. The predicted octanol–water partition coefficient (Wildman–Crippen LogP) is 0.485. The first-order valence-corrected chi connectivity index (χ1v) is 8.63. The van der Waals surface area contributed by atoms with Gasteiger partial charge < -0.3 is 10.1 Å². The summed E-state index contributed by atoms with van der Waals surface area (Å²) in [7, 11) is -0.251. The number of likely N-dealkylation sites (N-methyl/N-ethyl adjacent to an activating group) is 1. The second kappa shape index (κ2) is 6.87. The number of nitrogens with zero attached hydrogens (tertiary/aromatic N) is 2. The van der Waals surface area contributed by atoms with Crippen molar-refractivity contribution in [2.45, 2.75) is 31.3 Å². The topological polar surface area (TPSA) is 87.3 Å². The van der Waals surface area contributed by atoms with Crippen molar-refractivity contribution in [3.63, 3.8) is 0 Å². The van der Waals surface area contributed by atoms with Crippen LogP contribution in [-0.4, -0.2) is 56.8 Å². The molecule has 21 heavy (non-hydrogen) atoms. The molecule has 1 aromatic rings. The molecule has 0 aromatic carbocycles. The summed E-state index contributed by atoms with van der Waals surface area (Å²) < 4.78 is 31.9. The summed E-state index contributed by atoms with van der Waals surface area (Å²) >= 11 is 0. The maximum absolute atomic E-state index is 12.5. The van der Waals surface area contributed by atoms with Crippen molar-refractivity contribution in [1.82, 2.24) is 19.8 Å². The molecule has 0 aliphatic heterocycles. The fourth-order valence-electron chi connectivity index (χ4n) is 2.02. The summed E-state index contributed by atoms with van der Waals surface area (Å²) in [5.74, 6) is 0.683. The monoisotopic (exact) mass is 316 g/mol. The van der Waals surface area contributed by atoms with Crippen molar-refractivity contribution < 1.29 is 13.2 Å². The standard InChI is InChI=1S/C13H24N4O3S/c1-10-12(8-14-2)13(16-15-10)21(18,19)17(3)6-7-20-9-11-4-5-11/h11,14H,4-9H2,1-3H3,(H,15,16). The number of aromatic amines is 1. The van der Waals surface area contributed by atoms with Crippen LogP contribution in [0.4, 0.5) is 0 Å². The Labute approximate surface area is 126 Å². The van der Waals surface area contributed by atoms with Crippen LogP contribution < -0.4 is 5.32 Å². The Morgan fingerprint density at radius 3 is 2.81 bits per heavy atom. The fourth-order valence-corrected chi connectivity index (χ4v) is 3.33. The van der Waals surface area contributed by atoms with Gasteiger partial charge in [-0.2, -0.15) is 9.40 Å². The second-order valence-electron chi connectivity index (χ2n) is 5.51. The van der Waals surface area contributed by atoms with Crippen molar-refractivity contribution in [3.8, 4) is 0 Å². The Kier molecular flexibility index (Phi) is 5.37. The van der Waals surface area contributed by atoms with E-state index in [4.69, 9.17) is 4.74 Å². The number of aryl methyl sites for hydroxylation is 1. The van der Waals surface area contributed by atoms with E-state index < -0.39 is 10.0 Å². The number of ether oxygens (including phenoxy) is 1. The Morgan fingerprint density at radius 2 is 2.19 bits per heavy atom. The van der Waals surface area contributed by atoms with Crippen molar-refractivity contribution >= 4 is 10.0 Å². The first-order chi connectivity index (χ1) is 9.96. The van der Waals surface area contributed by atoms with E-state index >= 15 is 0 Å². The average molecular weight is 316 g/mol. The predicted molar refractivity (Wildman–Crippen MR) is 79.4 cm³/mol. The summed E-state index contributed by atoms with van der Waals surface area (Å²) in [4.78, 5) is 0. The lowest BCUT2D eigenvalue weighted by Crippen LogP contribution is -2.31. The largest absolute Gasteiger partial charge is 0.380 e. The minimum Gasteiger partial charge on any atom is -0.380 e. The van der Waals surface area contributed by atoms with Crippen LogP contribution in [0.3, 0.4) is 0 Å². The van der Waals surface area contributed by atoms with Gasteiger partial charge in [-0.3, -0.25) is 5.10 Å². The van der Waals surface area contributed by atoms with Crippen LogP contribution in [0, 0.1) is 12.8 Å². The maximum Gasteiger partial charge on any atom is 0.262 e. The molecule has 120 valence electrons. The Bertz CT molecular complexity index is 566. The highest BCUT2D eigenvalue weighted by Crippen LogP contribution is 2.28. The number of nitrogens with one attached hydrogen (secondary N) is 2. The van der Waals surface area contributed by atoms with E-state index in [-0.39, 0.29) is 5.03 Å². The molecule has 2 N–H and O–H groups in total. The molecule has 0 radical (unpaired) electrons. The second-order valence-corrected chi connectivity index (χ2v) is 7.47. The highest BCUT2D eigenvalue weighted by Gasteiger charge is 2.28. The van der Waals surface area contributed by atoms with Gasteiger partial charge in [0.05, 0.1) is 6.61 Å². The van der Waals surface area contributed by atoms with Crippen LogP contribution in [0.5, 0.6) is 0 Å². The summed E-state index contributed by atoms with van der Waals surface area (Å²) in [5.41, 5.74) is 1.45. The first kappa shape index (κ1) is 16.4. The van der Waals surface area contributed by atoms with E-state index in [1.54, 1.807) is 14.1 Å². The summed E-state index contributed by atoms with van der Waals surface area (Å²) in [5, 5.41) is 9.77. The van der Waals surface area contributed by atoms with E-state index in [0.717, 1.165) is 12.3 Å². The molecule has 7 nitrogen and oxygen atoms in total. The van der Waals surface area contributed by atoms with Crippen molar-refractivity contribution in [2.24, 2.45) is 5.92 Å². The van der Waals surface area contributed by atoms with Gasteiger partial charge in [-0.1, -0.05) is 0 Å². The Hall–Kier alpha value is -0.960. The molecule has 1 saturated carbocycles. The van der Waals surface area contributed by atoms with Gasteiger partial charge in [0.1, 0.15) is 0 Å². The van der Waals surface area contributed by atoms with Gasteiger partial charge in [0.15, 0.2) is 5.03 Å². The van der Waals surface area contributed by atoms with Crippen LogP contribution in [0.1, 0.15) is 24.1 Å². The fraction of sp³-hybridized carbons (Fsp3) is 0.769. The number of rotatable bonds is 9. The van der Waals surface area contributed by atoms with E-state index in [1.807, 2.05) is 6.92 Å². The molecule has 1 fully saturated rings. The van der Waals surface area contributed by atoms with Crippen LogP contribution in [-0.2, 0) is 21.3 Å². The minimum atomic E-state index is -3.59. The first-order valence-electron chi connectivity index (χ1n) is 7.19. The van der Waals surface area contributed by atoms with Crippen LogP contribution >= 0.6 is 0 Å².